The second-order valence-electron chi connectivity index (χ2n) is 12.9. The summed E-state index contributed by atoms with van der Waals surface area (Å²) in [7, 11) is -4.65. The Morgan fingerprint density at radius 1 is 0.596 bits per heavy atom. The van der Waals surface area contributed by atoms with Crippen LogP contribution >= 0.6 is 7.82 Å². The van der Waals surface area contributed by atoms with Gasteiger partial charge >= 0.3 is 13.8 Å². The van der Waals surface area contributed by atoms with Crippen LogP contribution in [0.25, 0.3) is 0 Å². The summed E-state index contributed by atoms with van der Waals surface area (Å²) in [4.78, 5) is 30.5. The van der Waals surface area contributed by atoms with Crippen molar-refractivity contribution in [3.63, 3.8) is 0 Å². The highest BCUT2D eigenvalue weighted by atomic mass is 31.2. The number of phosphoric ester groups is 1. The zero-order valence-corrected chi connectivity index (χ0v) is 31.3. The van der Waals surface area contributed by atoms with Crippen LogP contribution in [0.4, 0.5) is 0 Å². The van der Waals surface area contributed by atoms with Gasteiger partial charge in [0, 0.05) is 13.0 Å². The summed E-state index contributed by atoms with van der Waals surface area (Å²) in [5.41, 5.74) is 0. The number of rotatable bonds is 36. The largest absolute Gasteiger partial charge is 0.469 e. The topological polar surface area (TPSA) is 102 Å². The van der Waals surface area contributed by atoms with Crippen molar-refractivity contribution in [3.8, 4) is 0 Å². The molecule has 8 heteroatoms. The Hall–Kier alpha value is -1.24. The van der Waals surface area contributed by atoms with E-state index in [2.05, 4.69) is 54.8 Å². The summed E-state index contributed by atoms with van der Waals surface area (Å²) in [6.45, 7) is 4.64. The molecule has 0 aliphatic heterocycles. The van der Waals surface area contributed by atoms with Crippen LogP contribution in [0.5, 0.6) is 0 Å². The lowest BCUT2D eigenvalue weighted by Crippen LogP contribution is -2.28. The average Bonchev–Trinajstić information content (AvgIpc) is 3.04. The quantitative estimate of drug-likeness (QED) is 0.0293. The summed E-state index contributed by atoms with van der Waals surface area (Å²) in [6, 6.07) is 0. The van der Waals surface area contributed by atoms with E-state index in [0.717, 1.165) is 70.6 Å². The number of allylic oxidation sites excluding steroid dienone is 6. The molecule has 7 nitrogen and oxygen atoms in total. The zero-order valence-electron chi connectivity index (χ0n) is 30.4. The first-order valence-corrected chi connectivity index (χ1v) is 20.8. The normalized spacial score (nSPS) is 13.0. The van der Waals surface area contributed by atoms with Crippen molar-refractivity contribution >= 4 is 13.8 Å². The van der Waals surface area contributed by atoms with E-state index in [0.29, 0.717) is 6.61 Å². The van der Waals surface area contributed by atoms with Crippen LogP contribution < -0.4 is 0 Å². The second kappa shape index (κ2) is 36.1. The summed E-state index contributed by atoms with van der Waals surface area (Å²) in [5, 5.41) is 0. The van der Waals surface area contributed by atoms with Gasteiger partial charge in [-0.25, -0.2) is 4.57 Å². The van der Waals surface area contributed by atoms with Crippen molar-refractivity contribution in [2.24, 2.45) is 0 Å². The lowest BCUT2D eigenvalue weighted by Gasteiger charge is -2.18. The van der Waals surface area contributed by atoms with Gasteiger partial charge in [-0.15, -0.1) is 0 Å². The summed E-state index contributed by atoms with van der Waals surface area (Å²) < 4.78 is 26.9. The lowest BCUT2D eigenvalue weighted by atomic mass is 10.0. The van der Waals surface area contributed by atoms with E-state index in [1.807, 2.05) is 0 Å². The van der Waals surface area contributed by atoms with Gasteiger partial charge in [-0.3, -0.25) is 9.32 Å². The van der Waals surface area contributed by atoms with Crippen molar-refractivity contribution in [3.05, 3.63) is 36.5 Å². The van der Waals surface area contributed by atoms with Crippen molar-refractivity contribution in [1.29, 1.82) is 0 Å². The van der Waals surface area contributed by atoms with Crippen LogP contribution in [0.3, 0.4) is 0 Å². The fourth-order valence-corrected chi connectivity index (χ4v) is 5.76. The van der Waals surface area contributed by atoms with E-state index < -0.39 is 13.9 Å². The highest BCUT2D eigenvalue weighted by molar-refractivity contribution is 7.46. The van der Waals surface area contributed by atoms with Crippen LogP contribution in [0.15, 0.2) is 36.5 Å². The number of ether oxygens (including phenoxy) is 2. The predicted molar refractivity (Wildman–Crippen MR) is 198 cm³/mol. The molecule has 47 heavy (non-hydrogen) atoms. The van der Waals surface area contributed by atoms with Crippen LogP contribution in [0.1, 0.15) is 181 Å². The molecule has 0 aromatic heterocycles. The predicted octanol–water partition coefficient (Wildman–Crippen LogP) is 11.9. The molecule has 276 valence electrons. The molecule has 0 spiro atoms. The Morgan fingerprint density at radius 2 is 1.06 bits per heavy atom. The third-order valence-corrected chi connectivity index (χ3v) is 8.69. The third kappa shape index (κ3) is 39.1. The Balaban J connectivity index is 3.83. The number of carbonyl (C=O) groups excluding carboxylic acids is 1. The maximum Gasteiger partial charge on any atom is 0.469 e. The molecule has 0 radical (unpaired) electrons. The number of phosphoric acid groups is 1. The van der Waals surface area contributed by atoms with Crippen LogP contribution in [0, 0.1) is 0 Å². The fraction of sp³-hybridized carbons (Fsp3) is 0.821. The monoisotopic (exact) mass is 685 g/mol. The SMILES string of the molecule is CC/C=C\C/C=C\C/C=C\CCCCCCCC(=O)O[C@H](COCCCCCCCCCCCCCCCCCC)COP(=O)(O)O. The van der Waals surface area contributed by atoms with E-state index >= 15 is 0 Å². The second-order valence-corrected chi connectivity index (χ2v) is 14.1. The van der Waals surface area contributed by atoms with Crippen molar-refractivity contribution in [2.45, 2.75) is 187 Å². The van der Waals surface area contributed by atoms with E-state index in [-0.39, 0.29) is 25.6 Å². The molecule has 0 heterocycles. The van der Waals surface area contributed by atoms with Crippen molar-refractivity contribution in [1.82, 2.24) is 0 Å². The van der Waals surface area contributed by atoms with Gasteiger partial charge in [0.2, 0.25) is 0 Å². The smallest absolute Gasteiger partial charge is 0.457 e. The minimum absolute atomic E-state index is 0.0731. The molecule has 0 saturated heterocycles. The molecular weight excluding hydrogens is 611 g/mol. The number of esters is 1. The van der Waals surface area contributed by atoms with Crippen molar-refractivity contribution < 1.29 is 33.1 Å². The molecule has 0 amide bonds. The Labute approximate surface area is 289 Å². The molecule has 0 saturated carbocycles. The molecule has 0 aliphatic rings. The highest BCUT2D eigenvalue weighted by Gasteiger charge is 2.21. The summed E-state index contributed by atoms with van der Waals surface area (Å²) in [5.74, 6) is -0.378. The van der Waals surface area contributed by atoms with E-state index in [1.165, 1.54) is 89.9 Å². The van der Waals surface area contributed by atoms with E-state index in [4.69, 9.17) is 19.3 Å². The Kier molecular flexibility index (Phi) is 35.1. The average molecular weight is 685 g/mol. The molecule has 1 atom stereocenters. The van der Waals surface area contributed by atoms with Gasteiger partial charge in [0.25, 0.3) is 0 Å². The summed E-state index contributed by atoms with van der Waals surface area (Å²) >= 11 is 0. The first-order chi connectivity index (χ1) is 22.9. The molecule has 0 aliphatic carbocycles. The van der Waals surface area contributed by atoms with E-state index in [1.54, 1.807) is 0 Å². The molecule has 0 rings (SSSR count). The third-order valence-electron chi connectivity index (χ3n) is 8.20. The standard InChI is InChI=1S/C39H73O7P/c1-3-5-7-9-11-13-15-17-19-21-23-25-27-29-31-33-35-44-36-38(37-45-47(41,42)43)46-39(40)34-32-30-28-26-24-22-20-18-16-14-12-10-8-6-4-2/h6,8,12,14,18,20,38H,3-5,7,9-11,13,15-17,19,21-37H2,1-2H3,(H2,41,42,43)/b8-6-,14-12-,20-18-/t38-/m1/s1. The Bertz CT molecular complexity index is 805. The van der Waals surface area contributed by atoms with Gasteiger partial charge in [-0.2, -0.15) is 0 Å². The number of carbonyl (C=O) groups is 1. The van der Waals surface area contributed by atoms with Crippen LogP contribution in [-0.4, -0.2) is 41.7 Å². The van der Waals surface area contributed by atoms with Crippen LogP contribution in [0.2, 0.25) is 0 Å². The van der Waals surface area contributed by atoms with Gasteiger partial charge in [0.15, 0.2) is 0 Å². The fourth-order valence-electron chi connectivity index (χ4n) is 5.40. The number of hydrogen-bond acceptors (Lipinski definition) is 5. The number of unbranched alkanes of at least 4 members (excludes halogenated alkanes) is 20. The molecule has 0 fully saturated rings. The van der Waals surface area contributed by atoms with Gasteiger partial charge in [0.05, 0.1) is 13.2 Å². The van der Waals surface area contributed by atoms with Gasteiger partial charge in [-0.1, -0.05) is 166 Å². The lowest BCUT2D eigenvalue weighted by molar-refractivity contribution is -0.154. The minimum Gasteiger partial charge on any atom is -0.457 e. The molecule has 0 aromatic rings. The Morgan fingerprint density at radius 3 is 1.60 bits per heavy atom. The van der Waals surface area contributed by atoms with Gasteiger partial charge in [-0.05, 0) is 44.9 Å². The van der Waals surface area contributed by atoms with Crippen molar-refractivity contribution in [2.75, 3.05) is 19.8 Å². The molecular formula is C39H73O7P. The van der Waals surface area contributed by atoms with Crippen LogP contribution in [-0.2, 0) is 23.4 Å². The van der Waals surface area contributed by atoms with E-state index in [9.17, 15) is 9.36 Å². The zero-order chi connectivity index (χ0) is 34.5. The molecule has 0 unspecified atom stereocenters. The first-order valence-electron chi connectivity index (χ1n) is 19.3. The van der Waals surface area contributed by atoms with Gasteiger partial charge in [0.1, 0.15) is 6.10 Å². The van der Waals surface area contributed by atoms with Gasteiger partial charge < -0.3 is 19.3 Å². The molecule has 2 N–H and O–H groups in total. The maximum atomic E-state index is 12.4. The maximum absolute atomic E-state index is 12.4. The minimum atomic E-state index is -4.65. The molecule has 0 bridgehead atoms. The number of hydrogen-bond donors (Lipinski definition) is 2. The molecule has 0 aromatic carbocycles. The highest BCUT2D eigenvalue weighted by Crippen LogP contribution is 2.36. The summed E-state index contributed by atoms with van der Waals surface area (Å²) in [6.07, 6.45) is 42.8. The first kappa shape index (κ1) is 45.8.